The normalized spacial score (nSPS) is 15.5. The highest BCUT2D eigenvalue weighted by Crippen LogP contribution is 2.28. The fourth-order valence-corrected chi connectivity index (χ4v) is 2.70. The van der Waals surface area contributed by atoms with E-state index in [1.807, 2.05) is 30.9 Å². The zero-order valence-corrected chi connectivity index (χ0v) is 13.4. The van der Waals surface area contributed by atoms with Crippen LogP contribution in [0.15, 0.2) is 40.7 Å². The van der Waals surface area contributed by atoms with Crippen molar-refractivity contribution in [3.63, 3.8) is 0 Å². The summed E-state index contributed by atoms with van der Waals surface area (Å²) in [5, 5.41) is 4.04. The monoisotopic (exact) mass is 312 g/mol. The third-order valence-electron chi connectivity index (χ3n) is 3.93. The van der Waals surface area contributed by atoms with Crippen molar-refractivity contribution in [2.45, 2.75) is 32.6 Å². The molecule has 1 aliphatic rings. The van der Waals surface area contributed by atoms with Crippen LogP contribution in [0.1, 0.15) is 38.5 Å². The number of nitrogens with zero attached hydrogens (tertiary/aromatic N) is 4. The van der Waals surface area contributed by atoms with Crippen molar-refractivity contribution in [2.24, 2.45) is 0 Å². The molecule has 1 fully saturated rings. The summed E-state index contributed by atoms with van der Waals surface area (Å²) in [6, 6.07) is 3.75. The van der Waals surface area contributed by atoms with Gasteiger partial charge in [-0.25, -0.2) is 0 Å². The zero-order valence-electron chi connectivity index (χ0n) is 13.4. The Morgan fingerprint density at radius 2 is 2.13 bits per heavy atom. The number of piperidine rings is 1. The summed E-state index contributed by atoms with van der Waals surface area (Å²) in [5.41, 5.74) is 1.87. The first-order valence-corrected chi connectivity index (χ1v) is 7.81. The summed E-state index contributed by atoms with van der Waals surface area (Å²) in [5.74, 6) is 1.52. The largest absolute Gasteiger partial charge is 0.339 e. The maximum atomic E-state index is 12.0. The second-order valence-corrected chi connectivity index (χ2v) is 6.02. The van der Waals surface area contributed by atoms with Crippen LogP contribution in [0, 0.1) is 0 Å². The fourth-order valence-electron chi connectivity index (χ4n) is 2.70. The molecule has 0 N–H and O–H groups in total. The van der Waals surface area contributed by atoms with Gasteiger partial charge in [0.05, 0.1) is 0 Å². The molecule has 1 saturated heterocycles. The number of rotatable bonds is 3. The zero-order chi connectivity index (χ0) is 16.2. The Bertz CT molecular complexity index is 696. The lowest BCUT2D eigenvalue weighted by atomic mass is 9.96. The molecule has 3 rings (SSSR count). The minimum atomic E-state index is 0.0880. The average Bonchev–Trinajstić information content (AvgIpc) is 3.05. The summed E-state index contributed by atoms with van der Waals surface area (Å²) in [6.45, 7) is 5.31. The van der Waals surface area contributed by atoms with Crippen LogP contribution >= 0.6 is 0 Å². The van der Waals surface area contributed by atoms with E-state index in [0.717, 1.165) is 37.1 Å². The van der Waals surface area contributed by atoms with Crippen LogP contribution in [0.5, 0.6) is 0 Å². The molecule has 0 aromatic carbocycles. The lowest BCUT2D eigenvalue weighted by molar-refractivity contribution is -0.127. The van der Waals surface area contributed by atoms with Gasteiger partial charge in [0.2, 0.25) is 17.6 Å². The van der Waals surface area contributed by atoms with Crippen LogP contribution in [0.3, 0.4) is 0 Å². The summed E-state index contributed by atoms with van der Waals surface area (Å²) >= 11 is 0. The van der Waals surface area contributed by atoms with E-state index in [-0.39, 0.29) is 11.8 Å². The van der Waals surface area contributed by atoms with Crippen molar-refractivity contribution in [2.75, 3.05) is 13.1 Å². The molecule has 2 aromatic rings. The lowest BCUT2D eigenvalue weighted by Gasteiger charge is -2.29. The molecule has 0 spiro atoms. The maximum absolute atomic E-state index is 12.0. The molecule has 1 aliphatic heterocycles. The SMILES string of the molecule is CC(C)=CC(=O)N1CCC(c2nc(-c3cccnc3)no2)CC1. The molecule has 1 amide bonds. The Morgan fingerprint density at radius 1 is 1.35 bits per heavy atom. The molecule has 3 heterocycles. The third kappa shape index (κ3) is 3.64. The number of carbonyl (C=O) groups is 1. The highest BCUT2D eigenvalue weighted by molar-refractivity contribution is 5.88. The third-order valence-corrected chi connectivity index (χ3v) is 3.93. The van der Waals surface area contributed by atoms with Gasteiger partial charge in [-0.1, -0.05) is 10.7 Å². The highest BCUT2D eigenvalue weighted by Gasteiger charge is 2.27. The standard InChI is InChI=1S/C17H20N4O2/c1-12(2)10-15(22)21-8-5-13(6-9-21)17-19-16(20-23-17)14-4-3-7-18-11-14/h3-4,7,10-11,13H,5-6,8-9H2,1-2H3. The Kier molecular flexibility index (Phi) is 4.50. The molecule has 0 atom stereocenters. The van der Waals surface area contributed by atoms with Gasteiger partial charge in [0.15, 0.2) is 0 Å². The molecule has 0 radical (unpaired) electrons. The molecule has 120 valence electrons. The topological polar surface area (TPSA) is 72.1 Å². The molecule has 0 unspecified atom stereocenters. The highest BCUT2D eigenvalue weighted by atomic mass is 16.5. The Balaban J connectivity index is 1.64. The van der Waals surface area contributed by atoms with E-state index in [4.69, 9.17) is 4.52 Å². The van der Waals surface area contributed by atoms with Gasteiger partial charge in [-0.3, -0.25) is 9.78 Å². The van der Waals surface area contributed by atoms with Gasteiger partial charge in [0, 0.05) is 43.0 Å². The van der Waals surface area contributed by atoms with Gasteiger partial charge in [-0.15, -0.1) is 0 Å². The molecule has 0 bridgehead atoms. The maximum Gasteiger partial charge on any atom is 0.246 e. The van der Waals surface area contributed by atoms with Gasteiger partial charge in [-0.2, -0.15) is 4.98 Å². The average molecular weight is 312 g/mol. The summed E-state index contributed by atoms with van der Waals surface area (Å²) in [4.78, 5) is 22.5. The molecular weight excluding hydrogens is 292 g/mol. The minimum Gasteiger partial charge on any atom is -0.339 e. The summed E-state index contributed by atoms with van der Waals surface area (Å²) in [7, 11) is 0. The Morgan fingerprint density at radius 3 is 2.78 bits per heavy atom. The Labute approximate surface area is 135 Å². The van der Waals surface area contributed by atoms with Crippen LogP contribution in [-0.4, -0.2) is 39.0 Å². The molecule has 2 aromatic heterocycles. The predicted octanol–water partition coefficient (Wildman–Crippen LogP) is 2.80. The van der Waals surface area contributed by atoms with Gasteiger partial charge in [0.25, 0.3) is 0 Å². The first-order valence-electron chi connectivity index (χ1n) is 7.81. The van der Waals surface area contributed by atoms with E-state index in [9.17, 15) is 4.79 Å². The summed E-state index contributed by atoms with van der Waals surface area (Å²) < 4.78 is 5.41. The smallest absolute Gasteiger partial charge is 0.246 e. The Hall–Kier alpha value is -2.50. The summed E-state index contributed by atoms with van der Waals surface area (Å²) in [6.07, 6.45) is 6.81. The van der Waals surface area contributed by atoms with E-state index in [1.165, 1.54) is 0 Å². The second kappa shape index (κ2) is 6.73. The number of hydrogen-bond acceptors (Lipinski definition) is 5. The quantitative estimate of drug-likeness (QED) is 0.815. The van der Waals surface area contributed by atoms with Gasteiger partial charge in [0.1, 0.15) is 0 Å². The van der Waals surface area contributed by atoms with Crippen molar-refractivity contribution >= 4 is 5.91 Å². The van der Waals surface area contributed by atoms with Crippen molar-refractivity contribution in [3.8, 4) is 11.4 Å². The number of hydrogen-bond donors (Lipinski definition) is 0. The molecule has 0 saturated carbocycles. The second-order valence-electron chi connectivity index (χ2n) is 6.02. The number of carbonyl (C=O) groups excluding carboxylic acids is 1. The van der Waals surface area contributed by atoms with E-state index >= 15 is 0 Å². The molecule has 23 heavy (non-hydrogen) atoms. The van der Waals surface area contributed by atoms with Crippen LogP contribution in [0.4, 0.5) is 0 Å². The molecule has 0 aliphatic carbocycles. The van der Waals surface area contributed by atoms with Crippen molar-refractivity contribution in [3.05, 3.63) is 42.1 Å². The number of pyridine rings is 1. The van der Waals surface area contributed by atoms with Gasteiger partial charge >= 0.3 is 0 Å². The van der Waals surface area contributed by atoms with Gasteiger partial charge in [-0.05, 0) is 38.8 Å². The van der Waals surface area contributed by atoms with Crippen LogP contribution in [0.25, 0.3) is 11.4 Å². The van der Waals surface area contributed by atoms with E-state index in [0.29, 0.717) is 11.7 Å². The lowest BCUT2D eigenvalue weighted by Crippen LogP contribution is -2.37. The van der Waals surface area contributed by atoms with Crippen LogP contribution < -0.4 is 0 Å². The van der Waals surface area contributed by atoms with Gasteiger partial charge < -0.3 is 9.42 Å². The molecule has 6 nitrogen and oxygen atoms in total. The number of aromatic nitrogens is 3. The van der Waals surface area contributed by atoms with E-state index in [2.05, 4.69) is 15.1 Å². The van der Waals surface area contributed by atoms with Crippen molar-refractivity contribution in [1.82, 2.24) is 20.0 Å². The van der Waals surface area contributed by atoms with Crippen molar-refractivity contribution < 1.29 is 9.32 Å². The van der Waals surface area contributed by atoms with E-state index in [1.54, 1.807) is 18.5 Å². The first-order chi connectivity index (χ1) is 11.1. The number of likely N-dealkylation sites (tertiary alicyclic amines) is 1. The van der Waals surface area contributed by atoms with Crippen LogP contribution in [0.2, 0.25) is 0 Å². The molecular formula is C17H20N4O2. The number of amides is 1. The van der Waals surface area contributed by atoms with Crippen LogP contribution in [-0.2, 0) is 4.79 Å². The predicted molar refractivity (Wildman–Crippen MR) is 85.5 cm³/mol. The molecule has 6 heteroatoms. The number of allylic oxidation sites excluding steroid dienone is 1. The van der Waals surface area contributed by atoms with E-state index < -0.39 is 0 Å². The van der Waals surface area contributed by atoms with Crippen molar-refractivity contribution in [1.29, 1.82) is 0 Å². The first kappa shape index (κ1) is 15.4. The minimum absolute atomic E-state index is 0.0880. The fraction of sp³-hybridized carbons (Fsp3) is 0.412.